The highest BCUT2D eigenvalue weighted by atomic mass is 32.2. The Morgan fingerprint density at radius 3 is 1.90 bits per heavy atom. The Morgan fingerprint density at radius 1 is 0.903 bits per heavy atom. The molecule has 0 aliphatic rings. The van der Waals surface area contributed by atoms with E-state index in [1.807, 2.05) is 6.92 Å². The van der Waals surface area contributed by atoms with E-state index in [0.717, 1.165) is 6.07 Å². The van der Waals surface area contributed by atoms with E-state index >= 15 is 0 Å². The molecule has 1 unspecified atom stereocenters. The second-order valence-electron chi connectivity index (χ2n) is 6.61. The molecule has 2 aromatic rings. The Bertz CT molecular complexity index is 1190. The van der Waals surface area contributed by atoms with Crippen LogP contribution in [0.15, 0.2) is 36.4 Å². The molecule has 0 aliphatic carbocycles. The van der Waals surface area contributed by atoms with Gasteiger partial charge in [0.15, 0.2) is 15.9 Å². The van der Waals surface area contributed by atoms with Crippen molar-refractivity contribution in [3.05, 3.63) is 42.0 Å². The average Bonchev–Trinajstić information content (AvgIpc) is 2.66. The number of fused-ring (bicyclic) bond motifs is 1. The standard InChI is InChI=1S/C17H16F6O6S2/c1-3-10(2)11-8-9-14(13-7-5-4-6-12(11)13)29-31(27,28)17(22,23)15(18,19)16(20,21)30(24,25)26/h4-10H,3H2,1-2H3,(H,24,25,26)/p-1. The van der Waals surface area contributed by atoms with Gasteiger partial charge < -0.3 is 8.74 Å². The topological polar surface area (TPSA) is 101 Å². The molecule has 174 valence electrons. The van der Waals surface area contributed by atoms with Gasteiger partial charge in [-0.3, -0.25) is 0 Å². The normalized spacial score (nSPS) is 15.1. The summed E-state index contributed by atoms with van der Waals surface area (Å²) in [6, 6.07) is 7.73. The minimum Gasteiger partial charge on any atom is -0.743 e. The zero-order valence-corrected chi connectivity index (χ0v) is 17.4. The summed E-state index contributed by atoms with van der Waals surface area (Å²) in [4.78, 5) is 0. The lowest BCUT2D eigenvalue weighted by Gasteiger charge is -2.32. The summed E-state index contributed by atoms with van der Waals surface area (Å²) in [6.45, 7) is 3.64. The summed E-state index contributed by atoms with van der Waals surface area (Å²) in [5.74, 6) is -8.10. The van der Waals surface area contributed by atoms with E-state index in [4.69, 9.17) is 0 Å². The largest absolute Gasteiger partial charge is 0.743 e. The van der Waals surface area contributed by atoms with E-state index in [0.29, 0.717) is 17.4 Å². The molecule has 0 aromatic heterocycles. The third-order valence-electron chi connectivity index (χ3n) is 4.62. The smallest absolute Gasteiger partial charge is 0.450 e. The van der Waals surface area contributed by atoms with Crippen molar-refractivity contribution in [2.75, 3.05) is 0 Å². The van der Waals surface area contributed by atoms with Crippen LogP contribution in [0, 0.1) is 0 Å². The lowest BCUT2D eigenvalue weighted by molar-refractivity contribution is -0.247. The Hall–Kier alpha value is -2.06. The van der Waals surface area contributed by atoms with Crippen molar-refractivity contribution in [3.63, 3.8) is 0 Å². The Morgan fingerprint density at radius 2 is 1.42 bits per heavy atom. The molecule has 0 saturated carbocycles. The summed E-state index contributed by atoms with van der Waals surface area (Å²) in [5, 5.41) is -13.5. The van der Waals surface area contributed by atoms with Gasteiger partial charge in [-0.25, -0.2) is 8.42 Å². The van der Waals surface area contributed by atoms with Gasteiger partial charge in [0.05, 0.1) is 0 Å². The maximum Gasteiger partial charge on any atom is 0.450 e. The molecule has 14 heteroatoms. The molecule has 0 bridgehead atoms. The monoisotopic (exact) mass is 493 g/mol. The maximum absolute atomic E-state index is 14.0. The van der Waals surface area contributed by atoms with Crippen LogP contribution in [0.2, 0.25) is 0 Å². The van der Waals surface area contributed by atoms with Gasteiger partial charge in [0.2, 0.25) is 0 Å². The molecule has 0 saturated heterocycles. The fourth-order valence-corrected chi connectivity index (χ4v) is 4.11. The number of rotatable bonds is 8. The number of benzene rings is 2. The number of alkyl halides is 6. The number of halogens is 6. The fourth-order valence-electron chi connectivity index (χ4n) is 2.67. The van der Waals surface area contributed by atoms with Gasteiger partial charge in [-0.1, -0.05) is 44.2 Å². The van der Waals surface area contributed by atoms with Crippen LogP contribution in [0.4, 0.5) is 26.3 Å². The van der Waals surface area contributed by atoms with Crippen LogP contribution in [0.3, 0.4) is 0 Å². The van der Waals surface area contributed by atoms with Gasteiger partial charge in [-0.15, -0.1) is 0 Å². The Kier molecular flexibility index (Phi) is 6.35. The van der Waals surface area contributed by atoms with Crippen molar-refractivity contribution in [2.45, 2.75) is 42.6 Å². The van der Waals surface area contributed by atoms with Gasteiger partial charge in [0.1, 0.15) is 0 Å². The molecule has 0 radical (unpaired) electrons. The molecule has 0 spiro atoms. The third-order valence-corrected chi connectivity index (χ3v) is 6.79. The van der Waals surface area contributed by atoms with Crippen LogP contribution in [0.5, 0.6) is 5.75 Å². The highest BCUT2D eigenvalue weighted by molar-refractivity contribution is 7.88. The quantitative estimate of drug-likeness (QED) is 0.307. The predicted octanol–water partition coefficient (Wildman–Crippen LogP) is 4.43. The number of hydrogen-bond donors (Lipinski definition) is 0. The first-order valence-electron chi connectivity index (χ1n) is 8.47. The molecule has 1 atom stereocenters. The molecular weight excluding hydrogens is 478 g/mol. The molecular formula is C17H15F6O6S2-. The summed E-state index contributed by atoms with van der Waals surface area (Å²) in [6.07, 6.45) is 0.630. The molecule has 2 aromatic carbocycles. The second kappa shape index (κ2) is 7.81. The van der Waals surface area contributed by atoms with Gasteiger partial charge in [0.25, 0.3) is 0 Å². The molecule has 31 heavy (non-hydrogen) atoms. The minimum absolute atomic E-state index is 0.0812. The summed E-state index contributed by atoms with van der Waals surface area (Å²) in [7, 11) is -14.3. The zero-order chi connectivity index (χ0) is 24.0. The van der Waals surface area contributed by atoms with E-state index in [2.05, 4.69) is 4.18 Å². The predicted molar refractivity (Wildman–Crippen MR) is 96.7 cm³/mol. The van der Waals surface area contributed by atoms with Crippen molar-refractivity contribution >= 4 is 31.0 Å². The van der Waals surface area contributed by atoms with E-state index in [-0.39, 0.29) is 11.3 Å². The average molecular weight is 493 g/mol. The van der Waals surface area contributed by atoms with Gasteiger partial charge in [-0.2, -0.15) is 34.8 Å². The molecule has 0 aliphatic heterocycles. The fraction of sp³-hybridized carbons (Fsp3) is 0.412. The van der Waals surface area contributed by atoms with Crippen LogP contribution in [0.25, 0.3) is 10.8 Å². The van der Waals surface area contributed by atoms with Crippen LogP contribution < -0.4 is 4.18 Å². The molecule has 0 amide bonds. The Labute approximate surface area is 173 Å². The highest BCUT2D eigenvalue weighted by Gasteiger charge is 2.81. The van der Waals surface area contributed by atoms with Gasteiger partial charge in [-0.05, 0) is 29.4 Å². The zero-order valence-electron chi connectivity index (χ0n) is 15.8. The third kappa shape index (κ3) is 3.96. The number of hydrogen-bond acceptors (Lipinski definition) is 6. The van der Waals surface area contributed by atoms with Crippen molar-refractivity contribution in [1.82, 2.24) is 0 Å². The molecule has 0 fully saturated rings. The summed E-state index contributed by atoms with van der Waals surface area (Å²) >= 11 is 0. The molecule has 0 N–H and O–H groups in total. The molecule has 6 nitrogen and oxygen atoms in total. The van der Waals surface area contributed by atoms with Crippen LogP contribution in [-0.2, 0) is 20.2 Å². The lowest BCUT2D eigenvalue weighted by Crippen LogP contribution is -2.61. The Balaban J connectivity index is 2.62. The minimum atomic E-state index is -7.36. The van der Waals surface area contributed by atoms with Gasteiger partial charge >= 0.3 is 26.5 Å². The van der Waals surface area contributed by atoms with Crippen molar-refractivity contribution < 1.29 is 51.9 Å². The van der Waals surface area contributed by atoms with E-state index < -0.39 is 42.4 Å². The second-order valence-corrected chi connectivity index (χ2v) is 9.62. The van der Waals surface area contributed by atoms with Crippen LogP contribution in [0.1, 0.15) is 31.7 Å². The maximum atomic E-state index is 14.0. The van der Waals surface area contributed by atoms with Crippen LogP contribution in [-0.4, -0.2) is 37.8 Å². The van der Waals surface area contributed by atoms with Crippen molar-refractivity contribution in [1.29, 1.82) is 0 Å². The summed E-state index contributed by atoms with van der Waals surface area (Å²) < 4.78 is 141. The lowest BCUT2D eigenvalue weighted by atomic mass is 9.93. The van der Waals surface area contributed by atoms with Crippen LogP contribution >= 0.6 is 0 Å². The van der Waals surface area contributed by atoms with E-state index in [1.165, 1.54) is 30.3 Å². The van der Waals surface area contributed by atoms with Gasteiger partial charge in [0, 0.05) is 5.39 Å². The van der Waals surface area contributed by atoms with Crippen molar-refractivity contribution in [2.24, 2.45) is 0 Å². The first-order valence-corrected chi connectivity index (χ1v) is 11.3. The SMILES string of the molecule is CCC(C)c1ccc(OS(=O)(=O)C(F)(F)C(F)(F)C(F)(F)S(=O)(=O)[O-])c2ccccc12. The first-order chi connectivity index (χ1) is 13.9. The summed E-state index contributed by atoms with van der Waals surface area (Å²) in [5.41, 5.74) is 0.643. The highest BCUT2D eigenvalue weighted by Crippen LogP contribution is 2.51. The van der Waals surface area contributed by atoms with Crippen molar-refractivity contribution in [3.8, 4) is 5.75 Å². The van der Waals surface area contributed by atoms with E-state index in [1.54, 1.807) is 6.92 Å². The molecule has 2 rings (SSSR count). The molecule has 0 heterocycles. The first kappa shape index (κ1) is 25.2. The van der Waals surface area contributed by atoms with E-state index in [9.17, 15) is 47.7 Å².